The summed E-state index contributed by atoms with van der Waals surface area (Å²) in [5.74, 6) is 0. The molecule has 0 amide bonds. The SMILES string of the molecule is Clc1ccc(C2=NN(c3ccccc3)[C@H](c3ccc(Cl)cc3Cl)[C@@H]2n2ccnc2)cc1. The second-order valence-corrected chi connectivity index (χ2v) is 8.52. The number of hydrazone groups is 1. The molecule has 154 valence electrons. The number of halogens is 3. The van der Waals surface area contributed by atoms with Gasteiger partial charge < -0.3 is 4.57 Å². The Labute approximate surface area is 195 Å². The molecule has 5 rings (SSSR count). The number of aromatic nitrogens is 2. The van der Waals surface area contributed by atoms with Crippen molar-refractivity contribution >= 4 is 46.2 Å². The van der Waals surface area contributed by atoms with Crippen LogP contribution in [0, 0.1) is 0 Å². The van der Waals surface area contributed by atoms with Crippen molar-refractivity contribution in [1.82, 2.24) is 9.55 Å². The van der Waals surface area contributed by atoms with E-state index in [1.54, 1.807) is 18.6 Å². The van der Waals surface area contributed by atoms with Crippen LogP contribution in [-0.4, -0.2) is 15.3 Å². The van der Waals surface area contributed by atoms with Crippen LogP contribution in [-0.2, 0) is 0 Å². The summed E-state index contributed by atoms with van der Waals surface area (Å²) in [5, 5.41) is 8.97. The predicted molar refractivity (Wildman–Crippen MR) is 127 cm³/mol. The first-order valence-electron chi connectivity index (χ1n) is 9.73. The van der Waals surface area contributed by atoms with E-state index in [4.69, 9.17) is 39.9 Å². The molecule has 2 atom stereocenters. The van der Waals surface area contributed by atoms with Crippen molar-refractivity contribution in [3.05, 3.63) is 118 Å². The first-order chi connectivity index (χ1) is 15.1. The first-order valence-corrected chi connectivity index (χ1v) is 10.9. The molecular formula is C24H17Cl3N4. The molecule has 4 nitrogen and oxygen atoms in total. The summed E-state index contributed by atoms with van der Waals surface area (Å²) in [6, 6.07) is 23.0. The summed E-state index contributed by atoms with van der Waals surface area (Å²) in [6.45, 7) is 0. The van der Waals surface area contributed by atoms with Gasteiger partial charge in [0.2, 0.25) is 0 Å². The van der Waals surface area contributed by atoms with E-state index in [-0.39, 0.29) is 12.1 Å². The van der Waals surface area contributed by atoms with Crippen LogP contribution >= 0.6 is 34.8 Å². The number of anilines is 1. The molecule has 3 aromatic carbocycles. The second-order valence-electron chi connectivity index (χ2n) is 7.24. The zero-order valence-corrected chi connectivity index (χ0v) is 18.5. The van der Waals surface area contributed by atoms with E-state index in [0.717, 1.165) is 22.5 Å². The topological polar surface area (TPSA) is 33.4 Å². The average molecular weight is 468 g/mol. The minimum absolute atomic E-state index is 0.164. The smallest absolute Gasteiger partial charge is 0.106 e. The van der Waals surface area contributed by atoms with Crippen LogP contribution < -0.4 is 5.01 Å². The van der Waals surface area contributed by atoms with Crippen molar-refractivity contribution in [2.24, 2.45) is 5.10 Å². The zero-order chi connectivity index (χ0) is 21.4. The van der Waals surface area contributed by atoms with Crippen LogP contribution in [0.25, 0.3) is 0 Å². The van der Waals surface area contributed by atoms with Gasteiger partial charge in [-0.2, -0.15) is 5.10 Å². The molecule has 0 unspecified atom stereocenters. The Balaban J connectivity index is 1.73. The monoisotopic (exact) mass is 466 g/mol. The lowest BCUT2D eigenvalue weighted by molar-refractivity contribution is 0.527. The molecule has 1 aliphatic heterocycles. The number of benzene rings is 3. The molecule has 31 heavy (non-hydrogen) atoms. The highest BCUT2D eigenvalue weighted by molar-refractivity contribution is 6.35. The average Bonchev–Trinajstić information content (AvgIpc) is 3.43. The Morgan fingerprint density at radius 3 is 2.19 bits per heavy atom. The number of hydrogen-bond donors (Lipinski definition) is 0. The molecule has 0 saturated carbocycles. The van der Waals surface area contributed by atoms with E-state index < -0.39 is 0 Å². The number of imidazole rings is 1. The molecule has 0 aliphatic carbocycles. The van der Waals surface area contributed by atoms with E-state index in [0.29, 0.717) is 15.1 Å². The summed E-state index contributed by atoms with van der Waals surface area (Å²) >= 11 is 19.0. The highest BCUT2D eigenvalue weighted by Crippen LogP contribution is 2.45. The molecule has 0 radical (unpaired) electrons. The van der Waals surface area contributed by atoms with E-state index in [2.05, 4.69) is 9.55 Å². The maximum Gasteiger partial charge on any atom is 0.106 e. The lowest BCUT2D eigenvalue weighted by atomic mass is 9.92. The van der Waals surface area contributed by atoms with Crippen molar-refractivity contribution in [1.29, 1.82) is 0 Å². The van der Waals surface area contributed by atoms with Crippen LogP contribution in [0.15, 0.2) is 96.6 Å². The largest absolute Gasteiger partial charge is 0.326 e. The van der Waals surface area contributed by atoms with Gasteiger partial charge in [-0.15, -0.1) is 0 Å². The number of nitrogens with zero attached hydrogens (tertiary/aromatic N) is 4. The highest BCUT2D eigenvalue weighted by atomic mass is 35.5. The fourth-order valence-electron chi connectivity index (χ4n) is 3.95. The van der Waals surface area contributed by atoms with Crippen molar-refractivity contribution < 1.29 is 0 Å². The van der Waals surface area contributed by atoms with Crippen LogP contribution in [0.2, 0.25) is 15.1 Å². The summed E-state index contributed by atoms with van der Waals surface area (Å²) < 4.78 is 2.06. The molecule has 2 heterocycles. The first kappa shape index (κ1) is 20.1. The third kappa shape index (κ3) is 3.83. The molecule has 7 heteroatoms. The molecule has 0 bridgehead atoms. The van der Waals surface area contributed by atoms with Crippen LogP contribution in [0.3, 0.4) is 0 Å². The van der Waals surface area contributed by atoms with Gasteiger partial charge in [-0.25, -0.2) is 4.98 Å². The van der Waals surface area contributed by atoms with E-state index in [1.165, 1.54) is 0 Å². The zero-order valence-electron chi connectivity index (χ0n) is 16.2. The Morgan fingerprint density at radius 1 is 0.774 bits per heavy atom. The van der Waals surface area contributed by atoms with Crippen molar-refractivity contribution in [3.8, 4) is 0 Å². The van der Waals surface area contributed by atoms with Crippen molar-refractivity contribution in [3.63, 3.8) is 0 Å². The van der Waals surface area contributed by atoms with Gasteiger partial charge in [-0.1, -0.05) is 71.2 Å². The molecule has 0 fully saturated rings. The molecule has 4 aromatic rings. The molecule has 1 aromatic heterocycles. The molecule has 0 saturated heterocycles. The third-order valence-electron chi connectivity index (χ3n) is 5.35. The quantitative estimate of drug-likeness (QED) is 0.322. The third-order valence-corrected chi connectivity index (χ3v) is 6.16. The predicted octanol–water partition coefficient (Wildman–Crippen LogP) is 7.05. The van der Waals surface area contributed by atoms with Gasteiger partial charge in [0.15, 0.2) is 0 Å². The normalized spacial score (nSPS) is 18.3. The molecule has 1 aliphatic rings. The van der Waals surface area contributed by atoms with Crippen LogP contribution in [0.1, 0.15) is 23.2 Å². The summed E-state index contributed by atoms with van der Waals surface area (Å²) in [4.78, 5) is 4.29. The van der Waals surface area contributed by atoms with Gasteiger partial charge in [-0.05, 0) is 42.0 Å². The number of hydrogen-bond acceptors (Lipinski definition) is 3. The molecule has 0 spiro atoms. The van der Waals surface area contributed by atoms with Gasteiger partial charge in [0.25, 0.3) is 0 Å². The van der Waals surface area contributed by atoms with E-state index >= 15 is 0 Å². The Hall–Kier alpha value is -2.79. The van der Waals surface area contributed by atoms with Crippen LogP contribution in [0.4, 0.5) is 5.69 Å². The maximum atomic E-state index is 6.70. The lowest BCUT2D eigenvalue weighted by Gasteiger charge is -2.30. The molecule has 0 N–H and O–H groups in total. The number of para-hydroxylation sites is 1. The van der Waals surface area contributed by atoms with Gasteiger partial charge >= 0.3 is 0 Å². The van der Waals surface area contributed by atoms with Crippen LogP contribution in [0.5, 0.6) is 0 Å². The van der Waals surface area contributed by atoms with Gasteiger partial charge in [0.1, 0.15) is 12.1 Å². The fraction of sp³-hybridized carbons (Fsp3) is 0.0833. The Bertz CT molecular complexity index is 1220. The lowest BCUT2D eigenvalue weighted by Crippen LogP contribution is -2.28. The van der Waals surface area contributed by atoms with Gasteiger partial charge in [0, 0.05) is 33.0 Å². The van der Waals surface area contributed by atoms with Crippen molar-refractivity contribution in [2.45, 2.75) is 12.1 Å². The minimum Gasteiger partial charge on any atom is -0.326 e. The van der Waals surface area contributed by atoms with E-state index in [1.807, 2.05) is 77.9 Å². The summed E-state index contributed by atoms with van der Waals surface area (Å²) in [5.41, 5.74) is 3.78. The second kappa shape index (κ2) is 8.39. The Kier molecular flexibility index (Phi) is 5.45. The Morgan fingerprint density at radius 2 is 1.52 bits per heavy atom. The maximum absolute atomic E-state index is 6.70. The van der Waals surface area contributed by atoms with Crippen molar-refractivity contribution in [2.75, 3.05) is 5.01 Å². The summed E-state index contributed by atoms with van der Waals surface area (Å²) in [7, 11) is 0. The molecular weight excluding hydrogens is 451 g/mol. The standard InChI is InChI=1S/C24H17Cl3N4/c25-17-8-6-16(7-9-17)22-24(30-13-12-28-15-30)23(20-11-10-18(26)14-21(20)27)31(29-22)19-4-2-1-3-5-19/h1-15,23-24H/t23-,24-/m1/s1. The fourth-order valence-corrected chi connectivity index (χ4v) is 4.60. The number of rotatable bonds is 4. The highest BCUT2D eigenvalue weighted by Gasteiger charge is 2.41. The summed E-state index contributed by atoms with van der Waals surface area (Å²) in [6.07, 6.45) is 5.52. The van der Waals surface area contributed by atoms with Gasteiger partial charge in [-0.3, -0.25) is 5.01 Å². The van der Waals surface area contributed by atoms with Gasteiger partial charge in [0.05, 0.1) is 17.7 Å². The van der Waals surface area contributed by atoms with E-state index in [9.17, 15) is 0 Å². The minimum atomic E-state index is -0.202.